The Kier molecular flexibility index (Phi) is 7.83. The monoisotopic (exact) mass is 354 g/mol. The molecule has 0 saturated carbocycles. The van der Waals surface area contributed by atoms with Gasteiger partial charge in [0.15, 0.2) is 0 Å². The van der Waals surface area contributed by atoms with Gasteiger partial charge in [0.25, 0.3) is 0 Å². The summed E-state index contributed by atoms with van der Waals surface area (Å²) in [5, 5.41) is 5.52. The highest BCUT2D eigenvalue weighted by Crippen LogP contribution is 2.25. The normalized spacial score (nSPS) is 10.8. The second kappa shape index (κ2) is 10.4. The van der Waals surface area contributed by atoms with Gasteiger partial charge in [-0.25, -0.2) is 0 Å². The number of carbonyl (C=O) groups excluding carboxylic acids is 2. The Bertz CT molecular complexity index is 647. The summed E-state index contributed by atoms with van der Waals surface area (Å²) in [5.41, 5.74) is 1.99. The number of ether oxygens (including phenoxy) is 1. The van der Waals surface area contributed by atoms with Gasteiger partial charge in [-0.05, 0) is 11.1 Å². The van der Waals surface area contributed by atoms with E-state index in [4.69, 9.17) is 4.74 Å². The van der Waals surface area contributed by atoms with Gasteiger partial charge in [0.2, 0.25) is 11.8 Å². The van der Waals surface area contributed by atoms with E-state index in [1.54, 1.807) is 0 Å². The van der Waals surface area contributed by atoms with Crippen molar-refractivity contribution in [1.29, 1.82) is 0 Å². The smallest absolute Gasteiger partial charge is 0.246 e. The molecule has 0 aliphatic carbocycles. The van der Waals surface area contributed by atoms with Crippen LogP contribution in [0.3, 0.4) is 0 Å². The molecule has 0 unspecified atom stereocenters. The molecule has 5 nitrogen and oxygen atoms in total. The molecule has 0 fully saturated rings. The van der Waals surface area contributed by atoms with Crippen molar-refractivity contribution < 1.29 is 14.3 Å². The SMILES string of the molecule is CC(C)C(=O)NCCNC(=O)COC(c1ccccc1)c1ccccc1. The Morgan fingerprint density at radius 2 is 1.35 bits per heavy atom. The first-order chi connectivity index (χ1) is 12.6. The van der Waals surface area contributed by atoms with Crippen LogP contribution in [0.4, 0.5) is 0 Å². The van der Waals surface area contributed by atoms with Crippen LogP contribution in [-0.2, 0) is 14.3 Å². The van der Waals surface area contributed by atoms with Crippen LogP contribution in [0, 0.1) is 5.92 Å². The van der Waals surface area contributed by atoms with Crippen LogP contribution in [0.5, 0.6) is 0 Å². The van der Waals surface area contributed by atoms with Crippen LogP contribution < -0.4 is 10.6 Å². The third-order valence-corrected chi connectivity index (χ3v) is 3.86. The van der Waals surface area contributed by atoms with Crippen molar-refractivity contribution in [3.63, 3.8) is 0 Å². The summed E-state index contributed by atoms with van der Waals surface area (Å²) in [6.07, 6.45) is -0.302. The van der Waals surface area contributed by atoms with Gasteiger partial charge in [-0.1, -0.05) is 74.5 Å². The maximum atomic E-state index is 12.0. The van der Waals surface area contributed by atoms with Crippen molar-refractivity contribution >= 4 is 11.8 Å². The molecule has 0 spiro atoms. The number of rotatable bonds is 9. The van der Waals surface area contributed by atoms with Crippen molar-refractivity contribution in [2.75, 3.05) is 19.7 Å². The van der Waals surface area contributed by atoms with Crippen molar-refractivity contribution in [1.82, 2.24) is 10.6 Å². The molecular formula is C21H26N2O3. The molecular weight excluding hydrogens is 328 g/mol. The summed E-state index contributed by atoms with van der Waals surface area (Å²) in [5.74, 6) is -0.295. The predicted molar refractivity (Wildman–Crippen MR) is 102 cm³/mol. The quantitative estimate of drug-likeness (QED) is 0.681. The topological polar surface area (TPSA) is 67.4 Å². The zero-order valence-electron chi connectivity index (χ0n) is 15.3. The number of carbonyl (C=O) groups is 2. The standard InChI is InChI=1S/C21H26N2O3/c1-16(2)21(25)23-14-13-22-19(24)15-26-20(17-9-5-3-6-10-17)18-11-7-4-8-12-18/h3-12,16,20H,13-15H2,1-2H3,(H,22,24)(H,23,25). The second-order valence-corrected chi connectivity index (χ2v) is 6.31. The van der Waals surface area contributed by atoms with E-state index >= 15 is 0 Å². The Morgan fingerprint density at radius 3 is 1.85 bits per heavy atom. The van der Waals surface area contributed by atoms with Crippen LogP contribution in [0.2, 0.25) is 0 Å². The molecule has 2 aromatic carbocycles. The molecule has 26 heavy (non-hydrogen) atoms. The first-order valence-electron chi connectivity index (χ1n) is 8.84. The molecule has 2 N–H and O–H groups in total. The fourth-order valence-electron chi connectivity index (χ4n) is 2.44. The van der Waals surface area contributed by atoms with E-state index in [-0.39, 0.29) is 30.4 Å². The summed E-state index contributed by atoms with van der Waals surface area (Å²) in [7, 11) is 0. The van der Waals surface area contributed by atoms with Crippen molar-refractivity contribution in [2.45, 2.75) is 20.0 Å². The van der Waals surface area contributed by atoms with Crippen LogP contribution in [-0.4, -0.2) is 31.5 Å². The third kappa shape index (κ3) is 6.33. The Balaban J connectivity index is 1.85. The highest BCUT2D eigenvalue weighted by Gasteiger charge is 2.16. The van der Waals surface area contributed by atoms with E-state index < -0.39 is 0 Å². The zero-order valence-corrected chi connectivity index (χ0v) is 15.3. The molecule has 2 amide bonds. The van der Waals surface area contributed by atoms with Crippen LogP contribution in [0.15, 0.2) is 60.7 Å². The van der Waals surface area contributed by atoms with E-state index in [0.29, 0.717) is 13.1 Å². The number of benzene rings is 2. The fourth-order valence-corrected chi connectivity index (χ4v) is 2.44. The number of amides is 2. The largest absolute Gasteiger partial charge is 0.359 e. The molecule has 0 aliphatic rings. The van der Waals surface area contributed by atoms with E-state index in [9.17, 15) is 9.59 Å². The molecule has 138 valence electrons. The predicted octanol–water partition coefficient (Wildman–Crippen LogP) is 2.68. The lowest BCUT2D eigenvalue weighted by Gasteiger charge is -2.19. The number of hydrogen-bond acceptors (Lipinski definition) is 3. The summed E-state index contributed by atoms with van der Waals surface area (Å²) in [6.45, 7) is 4.39. The van der Waals surface area contributed by atoms with Gasteiger partial charge in [-0.15, -0.1) is 0 Å². The highest BCUT2D eigenvalue weighted by atomic mass is 16.5. The molecule has 0 aliphatic heterocycles. The molecule has 2 rings (SSSR count). The number of nitrogens with one attached hydrogen (secondary N) is 2. The van der Waals surface area contributed by atoms with E-state index in [1.807, 2.05) is 74.5 Å². The molecule has 0 aromatic heterocycles. The first-order valence-corrected chi connectivity index (χ1v) is 8.84. The lowest BCUT2D eigenvalue weighted by atomic mass is 10.0. The van der Waals surface area contributed by atoms with Crippen molar-refractivity contribution in [3.05, 3.63) is 71.8 Å². The van der Waals surface area contributed by atoms with Gasteiger partial charge in [-0.2, -0.15) is 0 Å². The van der Waals surface area contributed by atoms with Crippen LogP contribution >= 0.6 is 0 Å². The minimum Gasteiger partial charge on any atom is -0.359 e. The van der Waals surface area contributed by atoms with Crippen molar-refractivity contribution in [3.8, 4) is 0 Å². The summed E-state index contributed by atoms with van der Waals surface area (Å²) in [4.78, 5) is 23.5. The third-order valence-electron chi connectivity index (χ3n) is 3.86. The Morgan fingerprint density at radius 1 is 0.846 bits per heavy atom. The summed E-state index contributed by atoms with van der Waals surface area (Å²) < 4.78 is 5.89. The molecule has 5 heteroatoms. The summed E-state index contributed by atoms with van der Waals surface area (Å²) in [6, 6.07) is 19.6. The van der Waals surface area contributed by atoms with E-state index in [2.05, 4.69) is 10.6 Å². The maximum absolute atomic E-state index is 12.0. The van der Waals surface area contributed by atoms with Gasteiger partial charge in [0.1, 0.15) is 12.7 Å². The Hall–Kier alpha value is -2.66. The van der Waals surface area contributed by atoms with Crippen LogP contribution in [0.1, 0.15) is 31.1 Å². The Labute approximate surface area is 154 Å². The van der Waals surface area contributed by atoms with E-state index in [1.165, 1.54) is 0 Å². The molecule has 0 heterocycles. The molecule has 0 bridgehead atoms. The van der Waals surface area contributed by atoms with Gasteiger partial charge >= 0.3 is 0 Å². The second-order valence-electron chi connectivity index (χ2n) is 6.31. The number of hydrogen-bond donors (Lipinski definition) is 2. The minimum atomic E-state index is -0.302. The molecule has 0 radical (unpaired) electrons. The molecule has 0 atom stereocenters. The minimum absolute atomic E-state index is 0.0243. The van der Waals surface area contributed by atoms with Crippen molar-refractivity contribution in [2.24, 2.45) is 5.92 Å². The lowest BCUT2D eigenvalue weighted by Crippen LogP contribution is -2.37. The average Bonchev–Trinajstić information content (AvgIpc) is 2.67. The van der Waals surface area contributed by atoms with E-state index in [0.717, 1.165) is 11.1 Å². The zero-order chi connectivity index (χ0) is 18.8. The fraction of sp³-hybridized carbons (Fsp3) is 0.333. The first kappa shape index (κ1) is 19.7. The summed E-state index contributed by atoms with van der Waals surface area (Å²) >= 11 is 0. The highest BCUT2D eigenvalue weighted by molar-refractivity contribution is 5.78. The van der Waals surface area contributed by atoms with Gasteiger partial charge in [-0.3, -0.25) is 9.59 Å². The molecule has 2 aromatic rings. The lowest BCUT2D eigenvalue weighted by molar-refractivity contribution is -0.127. The van der Waals surface area contributed by atoms with Gasteiger partial charge < -0.3 is 15.4 Å². The van der Waals surface area contributed by atoms with Gasteiger partial charge in [0, 0.05) is 19.0 Å². The molecule has 0 saturated heterocycles. The van der Waals surface area contributed by atoms with Crippen LogP contribution in [0.25, 0.3) is 0 Å². The average molecular weight is 354 g/mol. The van der Waals surface area contributed by atoms with Gasteiger partial charge in [0.05, 0.1) is 0 Å². The maximum Gasteiger partial charge on any atom is 0.246 e.